The van der Waals surface area contributed by atoms with Crippen LogP contribution in [0.25, 0.3) is 0 Å². The molecule has 1 saturated heterocycles. The minimum Gasteiger partial charge on any atom is -0.481 e. The van der Waals surface area contributed by atoms with Crippen molar-refractivity contribution in [1.82, 2.24) is 4.90 Å². The van der Waals surface area contributed by atoms with Crippen molar-refractivity contribution in [2.75, 3.05) is 49.6 Å². The Morgan fingerprint density at radius 1 is 1.03 bits per heavy atom. The number of nitrogens with zero attached hydrogens (tertiary/aromatic N) is 3. The molecular weight excluding hydrogens is 380 g/mol. The third kappa shape index (κ3) is 3.55. The molecule has 1 N–H and O–H groups in total. The van der Waals surface area contributed by atoms with Gasteiger partial charge in [-0.1, -0.05) is 0 Å². The van der Waals surface area contributed by atoms with Crippen molar-refractivity contribution < 1.29 is 23.5 Å². The molecule has 0 bridgehead atoms. The topological polar surface area (TPSA) is 64.1 Å². The van der Waals surface area contributed by atoms with Gasteiger partial charge in [0.15, 0.2) is 5.78 Å². The minimum absolute atomic E-state index is 0.0309. The van der Waals surface area contributed by atoms with Crippen LogP contribution in [0.1, 0.15) is 10.4 Å². The Kier molecular flexibility index (Phi) is 4.96. The summed E-state index contributed by atoms with van der Waals surface area (Å²) in [6.07, 6.45) is 0. The molecule has 6 nitrogen and oxygen atoms in total. The lowest BCUT2D eigenvalue weighted by Crippen LogP contribution is -2.45. The van der Waals surface area contributed by atoms with E-state index in [0.717, 1.165) is 19.2 Å². The second-order valence-corrected chi connectivity index (χ2v) is 7.45. The molecule has 2 aromatic rings. The fourth-order valence-corrected chi connectivity index (χ4v) is 3.87. The lowest BCUT2D eigenvalue weighted by atomic mass is 9.90. The number of hydrogen-bond acceptors (Lipinski definition) is 5. The molecule has 0 saturated carbocycles. The third-order valence-corrected chi connectivity index (χ3v) is 5.58. The predicted octanol–water partition coefficient (Wildman–Crippen LogP) is 2.75. The van der Waals surface area contributed by atoms with Crippen LogP contribution in [0.2, 0.25) is 0 Å². The molecule has 0 amide bonds. The van der Waals surface area contributed by atoms with E-state index in [0.29, 0.717) is 30.2 Å². The largest absolute Gasteiger partial charge is 0.481 e. The van der Waals surface area contributed by atoms with Gasteiger partial charge in [-0.3, -0.25) is 9.59 Å². The highest BCUT2D eigenvalue weighted by atomic mass is 19.1. The molecule has 2 aromatic carbocycles. The molecule has 0 aromatic heterocycles. The minimum atomic E-state index is -1.32. The maximum atomic E-state index is 14.9. The zero-order valence-electron chi connectivity index (χ0n) is 15.9. The summed E-state index contributed by atoms with van der Waals surface area (Å²) in [4.78, 5) is 30.1. The number of hydrogen-bond donors (Lipinski definition) is 1. The maximum Gasteiger partial charge on any atom is 0.316 e. The zero-order chi connectivity index (χ0) is 20.7. The number of fused-ring (bicyclic) bond motifs is 1. The van der Waals surface area contributed by atoms with Crippen LogP contribution in [-0.2, 0) is 4.79 Å². The summed E-state index contributed by atoms with van der Waals surface area (Å²) in [5.74, 6) is -4.17. The summed E-state index contributed by atoms with van der Waals surface area (Å²) < 4.78 is 28.3. The van der Waals surface area contributed by atoms with Gasteiger partial charge in [0.2, 0.25) is 0 Å². The van der Waals surface area contributed by atoms with Gasteiger partial charge in [0.1, 0.15) is 17.6 Å². The van der Waals surface area contributed by atoms with Crippen LogP contribution in [0, 0.1) is 17.6 Å². The van der Waals surface area contributed by atoms with Crippen molar-refractivity contribution in [3.63, 3.8) is 0 Å². The molecule has 2 heterocycles. The Balaban J connectivity index is 1.81. The number of aliphatic carboxylic acids is 1. The number of rotatable bonds is 3. The predicted molar refractivity (Wildman–Crippen MR) is 105 cm³/mol. The summed E-state index contributed by atoms with van der Waals surface area (Å²) in [6, 6.07) is 8.32. The molecule has 8 heteroatoms. The number of piperazine rings is 1. The average Bonchev–Trinajstić information content (AvgIpc) is 2.70. The van der Waals surface area contributed by atoms with E-state index in [1.165, 1.54) is 24.3 Å². The average molecular weight is 401 g/mol. The summed E-state index contributed by atoms with van der Waals surface area (Å²) in [5.41, 5.74) is 1.39. The molecule has 2 aliphatic rings. The number of likely N-dealkylation sites (N-methyl/N-ethyl adjacent to an activating group) is 1. The Labute approximate surface area is 166 Å². The van der Waals surface area contributed by atoms with Crippen LogP contribution < -0.4 is 9.80 Å². The number of Topliss-reactive ketones (excluding diaryl/α,β-unsaturated/α-hetero) is 1. The molecule has 1 atom stereocenters. The molecule has 0 aliphatic carbocycles. The first kappa shape index (κ1) is 19.3. The standard InChI is InChI=1S/C21H21F2N3O3/c1-24-6-8-25(9-7-24)19-11-18-15(10-17(19)23)20(27)16(21(28)29)12-26(18)14-4-2-13(22)3-5-14/h2-5,10-11,16H,6-9,12H2,1H3,(H,28,29). The van der Waals surface area contributed by atoms with E-state index < -0.39 is 29.3 Å². The number of halogens is 2. The fourth-order valence-electron chi connectivity index (χ4n) is 3.87. The van der Waals surface area contributed by atoms with Crippen LogP contribution in [0.4, 0.5) is 25.8 Å². The van der Waals surface area contributed by atoms with Gasteiger partial charge in [-0.15, -0.1) is 0 Å². The first-order valence-electron chi connectivity index (χ1n) is 9.42. The SMILES string of the molecule is CN1CCN(c2cc3c(cc2F)C(=O)C(C(=O)O)CN3c2ccc(F)cc2)CC1. The van der Waals surface area contributed by atoms with E-state index >= 15 is 0 Å². The molecule has 0 radical (unpaired) electrons. The summed E-state index contributed by atoms with van der Waals surface area (Å²) in [5, 5.41) is 9.48. The van der Waals surface area contributed by atoms with Gasteiger partial charge in [0, 0.05) is 44.0 Å². The Morgan fingerprint density at radius 2 is 1.69 bits per heavy atom. The molecule has 2 aliphatic heterocycles. The molecule has 0 spiro atoms. The maximum absolute atomic E-state index is 14.9. The number of ketones is 1. The van der Waals surface area contributed by atoms with Gasteiger partial charge >= 0.3 is 5.97 Å². The lowest BCUT2D eigenvalue weighted by Gasteiger charge is -2.37. The van der Waals surface area contributed by atoms with E-state index in [4.69, 9.17) is 0 Å². The van der Waals surface area contributed by atoms with Crippen LogP contribution in [-0.4, -0.2) is 61.5 Å². The monoisotopic (exact) mass is 401 g/mol. The number of anilines is 3. The molecule has 29 heavy (non-hydrogen) atoms. The Morgan fingerprint density at radius 3 is 2.31 bits per heavy atom. The second kappa shape index (κ2) is 7.44. The Hall–Kier alpha value is -3.00. The molecule has 1 fully saturated rings. The molecular formula is C21H21F2N3O3. The van der Waals surface area contributed by atoms with E-state index in [1.54, 1.807) is 11.0 Å². The van der Waals surface area contributed by atoms with Crippen molar-refractivity contribution in [2.45, 2.75) is 0 Å². The van der Waals surface area contributed by atoms with Crippen molar-refractivity contribution in [3.8, 4) is 0 Å². The smallest absolute Gasteiger partial charge is 0.316 e. The van der Waals surface area contributed by atoms with E-state index in [9.17, 15) is 23.5 Å². The third-order valence-electron chi connectivity index (χ3n) is 5.58. The van der Waals surface area contributed by atoms with Crippen LogP contribution in [0.5, 0.6) is 0 Å². The van der Waals surface area contributed by atoms with Gasteiger partial charge in [0.05, 0.1) is 11.4 Å². The van der Waals surface area contributed by atoms with Crippen molar-refractivity contribution in [3.05, 3.63) is 53.6 Å². The van der Waals surface area contributed by atoms with Gasteiger partial charge in [-0.25, -0.2) is 8.78 Å². The number of carboxylic acid groups (broad SMARTS) is 1. The van der Waals surface area contributed by atoms with Gasteiger partial charge in [-0.2, -0.15) is 0 Å². The number of carboxylic acids is 1. The van der Waals surface area contributed by atoms with Crippen molar-refractivity contribution in [1.29, 1.82) is 0 Å². The molecule has 152 valence electrons. The van der Waals surface area contributed by atoms with E-state index in [-0.39, 0.29) is 12.1 Å². The number of carbonyl (C=O) groups excluding carboxylic acids is 1. The quantitative estimate of drug-likeness (QED) is 0.798. The first-order chi connectivity index (χ1) is 13.8. The molecule has 1 unspecified atom stereocenters. The second-order valence-electron chi connectivity index (χ2n) is 7.45. The first-order valence-corrected chi connectivity index (χ1v) is 9.42. The van der Waals surface area contributed by atoms with Gasteiger partial charge < -0.3 is 19.8 Å². The van der Waals surface area contributed by atoms with Gasteiger partial charge in [0.25, 0.3) is 0 Å². The summed E-state index contributed by atoms with van der Waals surface area (Å²) in [6.45, 7) is 2.78. The highest BCUT2D eigenvalue weighted by molar-refractivity contribution is 6.14. The zero-order valence-corrected chi connectivity index (χ0v) is 15.9. The number of benzene rings is 2. The van der Waals surface area contributed by atoms with E-state index in [2.05, 4.69) is 4.90 Å². The van der Waals surface area contributed by atoms with Crippen LogP contribution in [0.3, 0.4) is 0 Å². The van der Waals surface area contributed by atoms with Crippen LogP contribution >= 0.6 is 0 Å². The van der Waals surface area contributed by atoms with Crippen molar-refractivity contribution in [2.24, 2.45) is 5.92 Å². The van der Waals surface area contributed by atoms with Crippen molar-refractivity contribution >= 4 is 28.8 Å². The summed E-state index contributed by atoms with van der Waals surface area (Å²) >= 11 is 0. The van der Waals surface area contributed by atoms with E-state index in [1.807, 2.05) is 11.9 Å². The summed E-state index contributed by atoms with van der Waals surface area (Å²) in [7, 11) is 2.00. The highest BCUT2D eigenvalue weighted by Gasteiger charge is 2.38. The van der Waals surface area contributed by atoms with Gasteiger partial charge in [-0.05, 0) is 43.4 Å². The lowest BCUT2D eigenvalue weighted by molar-refractivity contribution is -0.139. The Bertz CT molecular complexity index is 956. The fraction of sp³-hybridized carbons (Fsp3) is 0.333. The normalized spacial score (nSPS) is 20.0. The number of carbonyl (C=O) groups is 2. The molecule has 4 rings (SSSR count). The highest BCUT2D eigenvalue weighted by Crippen LogP contribution is 2.39. The van der Waals surface area contributed by atoms with Crippen LogP contribution in [0.15, 0.2) is 36.4 Å².